The van der Waals surface area contributed by atoms with Crippen molar-refractivity contribution in [1.82, 2.24) is 4.98 Å². The molecule has 0 N–H and O–H groups in total. The average molecular weight is 346 g/mol. The van der Waals surface area contributed by atoms with Gasteiger partial charge in [0.15, 0.2) is 0 Å². The summed E-state index contributed by atoms with van der Waals surface area (Å²) in [6.07, 6.45) is 4.36. The van der Waals surface area contributed by atoms with E-state index in [2.05, 4.69) is 4.98 Å². The fraction of sp³-hybridized carbons (Fsp3) is 0.579. The summed E-state index contributed by atoms with van der Waals surface area (Å²) in [5.74, 6) is -2.81. The number of pyridine rings is 1. The van der Waals surface area contributed by atoms with Gasteiger partial charge in [0.05, 0.1) is 13.1 Å². The van der Waals surface area contributed by atoms with Gasteiger partial charge in [0.25, 0.3) is 5.78 Å². The standard InChI is InChI=1S/C19H26N2O4/c1-5-10-21(17(23)16(22)19(2,3)4)11-8-14(15(21)18(24)25)13-7-6-9-20-12-13/h6-7,9,12,14-15H,5,8,10-11H2,1-4H3/t14?,15-,21?/m0/s1. The molecule has 1 fully saturated rings. The molecule has 6 nitrogen and oxygen atoms in total. The van der Waals surface area contributed by atoms with E-state index in [4.69, 9.17) is 0 Å². The Morgan fingerprint density at radius 2 is 2.00 bits per heavy atom. The van der Waals surface area contributed by atoms with Crippen LogP contribution in [0.4, 0.5) is 0 Å². The number of hydrogen-bond acceptors (Lipinski definition) is 5. The van der Waals surface area contributed by atoms with Gasteiger partial charge in [-0.05, 0) is 18.1 Å². The highest BCUT2D eigenvalue weighted by atomic mass is 16.4. The molecular formula is C19H26N2O4. The van der Waals surface area contributed by atoms with Crippen molar-refractivity contribution in [1.29, 1.82) is 0 Å². The number of Topliss-reactive ketones (excluding diaryl/α,β-unsaturated/α-hetero) is 1. The maximum Gasteiger partial charge on any atom is 0.382 e. The van der Waals surface area contributed by atoms with Crippen LogP contribution in [0.3, 0.4) is 0 Å². The van der Waals surface area contributed by atoms with Crippen LogP contribution in [0.2, 0.25) is 0 Å². The number of hydrogen-bond donors (Lipinski definition) is 0. The zero-order valence-electron chi connectivity index (χ0n) is 15.3. The summed E-state index contributed by atoms with van der Waals surface area (Å²) in [4.78, 5) is 41.9. The van der Waals surface area contributed by atoms with Crippen LogP contribution < -0.4 is 5.11 Å². The van der Waals surface area contributed by atoms with Gasteiger partial charge in [0.1, 0.15) is 12.0 Å². The summed E-state index contributed by atoms with van der Waals surface area (Å²) in [7, 11) is 0. The molecule has 3 atom stereocenters. The van der Waals surface area contributed by atoms with Crippen LogP contribution >= 0.6 is 0 Å². The highest BCUT2D eigenvalue weighted by Gasteiger charge is 2.57. The summed E-state index contributed by atoms with van der Waals surface area (Å²) >= 11 is 0. The summed E-state index contributed by atoms with van der Waals surface area (Å²) in [6, 6.07) is 2.50. The van der Waals surface area contributed by atoms with Crippen molar-refractivity contribution < 1.29 is 24.0 Å². The van der Waals surface area contributed by atoms with E-state index < -0.39 is 29.1 Å². The fourth-order valence-corrected chi connectivity index (χ4v) is 3.82. The lowest BCUT2D eigenvalue weighted by atomic mass is 9.88. The summed E-state index contributed by atoms with van der Waals surface area (Å²) < 4.78 is -0.353. The summed E-state index contributed by atoms with van der Waals surface area (Å²) in [6.45, 7) is 7.57. The fourth-order valence-electron chi connectivity index (χ4n) is 3.82. The second-order valence-corrected chi connectivity index (χ2v) is 7.81. The molecule has 1 aromatic heterocycles. The van der Waals surface area contributed by atoms with Gasteiger partial charge >= 0.3 is 5.91 Å². The normalized spacial score (nSPS) is 26.4. The topological polar surface area (TPSA) is 87.2 Å². The van der Waals surface area contributed by atoms with E-state index in [1.54, 1.807) is 39.2 Å². The Labute approximate surface area is 148 Å². The third-order valence-corrected chi connectivity index (χ3v) is 5.01. The number of aromatic nitrogens is 1. The number of carboxylic acid groups (broad SMARTS) is 1. The minimum atomic E-state index is -1.28. The lowest BCUT2D eigenvalue weighted by Gasteiger charge is -2.39. The molecule has 2 heterocycles. The Morgan fingerprint density at radius 3 is 2.48 bits per heavy atom. The molecule has 0 radical (unpaired) electrons. The number of likely N-dealkylation sites (tertiary alicyclic amines) is 1. The number of nitrogens with zero attached hydrogens (tertiary/aromatic N) is 2. The Kier molecular flexibility index (Phi) is 5.42. The number of amides is 1. The highest BCUT2D eigenvalue weighted by Crippen LogP contribution is 2.40. The van der Waals surface area contributed by atoms with Crippen molar-refractivity contribution in [2.24, 2.45) is 5.41 Å². The van der Waals surface area contributed by atoms with E-state index in [9.17, 15) is 19.5 Å². The van der Waals surface area contributed by atoms with Crippen LogP contribution in [0, 0.1) is 5.41 Å². The first-order chi connectivity index (χ1) is 11.6. The van der Waals surface area contributed by atoms with Gasteiger partial charge in [0.2, 0.25) is 0 Å². The van der Waals surface area contributed by atoms with Crippen molar-refractivity contribution in [2.45, 2.75) is 52.5 Å². The van der Waals surface area contributed by atoms with Crippen molar-refractivity contribution >= 4 is 17.7 Å². The molecule has 0 bridgehead atoms. The molecule has 2 rings (SSSR count). The highest BCUT2D eigenvalue weighted by molar-refractivity contribution is 6.35. The van der Waals surface area contributed by atoms with E-state index in [0.717, 1.165) is 5.56 Å². The second kappa shape index (κ2) is 7.04. The van der Waals surface area contributed by atoms with E-state index in [1.165, 1.54) is 0 Å². The number of ketones is 1. The summed E-state index contributed by atoms with van der Waals surface area (Å²) in [5, 5.41) is 12.0. The number of carbonyl (C=O) groups is 3. The molecule has 1 amide bonds. The van der Waals surface area contributed by atoms with Crippen LogP contribution in [0.5, 0.6) is 0 Å². The van der Waals surface area contributed by atoms with Gasteiger partial charge in [0, 0.05) is 30.1 Å². The van der Waals surface area contributed by atoms with Crippen molar-refractivity contribution in [3.05, 3.63) is 30.1 Å². The molecule has 6 heteroatoms. The minimum absolute atomic E-state index is 0.316. The van der Waals surface area contributed by atoms with Crippen LogP contribution in [0.15, 0.2) is 24.5 Å². The maximum atomic E-state index is 13.1. The maximum absolute atomic E-state index is 13.1. The van der Waals surface area contributed by atoms with Gasteiger partial charge in [-0.15, -0.1) is 0 Å². The predicted molar refractivity (Wildman–Crippen MR) is 90.1 cm³/mol. The molecule has 0 aromatic carbocycles. The molecule has 0 saturated carbocycles. The molecule has 25 heavy (non-hydrogen) atoms. The molecule has 136 valence electrons. The van der Waals surface area contributed by atoms with Crippen LogP contribution in [-0.2, 0) is 14.4 Å². The molecular weight excluding hydrogens is 320 g/mol. The Balaban J connectivity index is 2.51. The van der Waals surface area contributed by atoms with Gasteiger partial charge in [-0.1, -0.05) is 33.8 Å². The van der Waals surface area contributed by atoms with Gasteiger partial charge in [-0.25, -0.2) is 9.28 Å². The number of carbonyl (C=O) groups excluding carboxylic acids is 3. The number of aliphatic carboxylic acids is 1. The molecule has 1 aliphatic heterocycles. The largest absolute Gasteiger partial charge is 0.544 e. The van der Waals surface area contributed by atoms with Crippen LogP contribution in [0.1, 0.15) is 52.0 Å². The number of carboxylic acids is 1. The van der Waals surface area contributed by atoms with Gasteiger partial charge in [-0.3, -0.25) is 9.78 Å². The molecule has 0 spiro atoms. The Bertz CT molecular complexity index is 666. The molecule has 1 aromatic rings. The first kappa shape index (κ1) is 19.2. The van der Waals surface area contributed by atoms with Crippen LogP contribution in [0.25, 0.3) is 0 Å². The van der Waals surface area contributed by atoms with Gasteiger partial charge in [-0.2, -0.15) is 0 Å². The smallest absolute Gasteiger partial charge is 0.382 e. The lowest BCUT2D eigenvalue weighted by Crippen LogP contribution is -2.65. The van der Waals surface area contributed by atoms with Crippen molar-refractivity contribution in [3.63, 3.8) is 0 Å². The van der Waals surface area contributed by atoms with Crippen LogP contribution in [-0.4, -0.2) is 46.3 Å². The SMILES string of the molecule is CCC[N+]1(C(=O)C(=O)C(C)(C)C)CCC(c2cccnc2)[C@H]1C(=O)[O-]. The third-order valence-electron chi connectivity index (χ3n) is 5.01. The predicted octanol–water partition coefficient (Wildman–Crippen LogP) is 1.06. The second-order valence-electron chi connectivity index (χ2n) is 7.81. The molecule has 0 aliphatic carbocycles. The van der Waals surface area contributed by atoms with Crippen molar-refractivity contribution in [3.8, 4) is 0 Å². The first-order valence-corrected chi connectivity index (χ1v) is 8.72. The van der Waals surface area contributed by atoms with E-state index >= 15 is 0 Å². The quantitative estimate of drug-likeness (QED) is 0.588. The number of rotatable bonds is 5. The monoisotopic (exact) mass is 346 g/mol. The van der Waals surface area contributed by atoms with Crippen molar-refractivity contribution in [2.75, 3.05) is 13.1 Å². The third kappa shape index (κ3) is 3.49. The zero-order chi connectivity index (χ0) is 18.8. The van der Waals surface area contributed by atoms with E-state index in [0.29, 0.717) is 25.9 Å². The Morgan fingerprint density at radius 1 is 1.32 bits per heavy atom. The molecule has 1 saturated heterocycles. The zero-order valence-corrected chi connectivity index (χ0v) is 15.3. The lowest BCUT2D eigenvalue weighted by molar-refractivity contribution is -0.858. The first-order valence-electron chi connectivity index (χ1n) is 8.72. The Hall–Kier alpha value is -2.08. The summed E-state index contributed by atoms with van der Waals surface area (Å²) in [5.41, 5.74) is -0.0809. The van der Waals surface area contributed by atoms with Gasteiger partial charge < -0.3 is 9.90 Å². The average Bonchev–Trinajstić information content (AvgIpc) is 2.94. The number of quaternary nitrogens is 1. The molecule has 1 aliphatic rings. The van der Waals surface area contributed by atoms with E-state index in [1.807, 2.05) is 13.0 Å². The van der Waals surface area contributed by atoms with E-state index in [-0.39, 0.29) is 10.4 Å². The minimum Gasteiger partial charge on any atom is -0.544 e. The molecule has 2 unspecified atom stereocenters.